The summed E-state index contributed by atoms with van der Waals surface area (Å²) in [7, 11) is 0. The van der Waals surface area contributed by atoms with Crippen LogP contribution < -0.4 is 10.6 Å². The Balaban J connectivity index is 1.56. The summed E-state index contributed by atoms with van der Waals surface area (Å²) < 4.78 is 0. The molecule has 3 aliphatic rings. The second kappa shape index (κ2) is 7.53. The Kier molecular flexibility index (Phi) is 4.91. The van der Waals surface area contributed by atoms with Crippen molar-refractivity contribution < 1.29 is 19.5 Å². The van der Waals surface area contributed by atoms with Gasteiger partial charge in [0.05, 0.1) is 17.9 Å². The van der Waals surface area contributed by atoms with Crippen LogP contribution in [0.15, 0.2) is 48.5 Å². The van der Waals surface area contributed by atoms with Gasteiger partial charge in [0.2, 0.25) is 17.7 Å². The third kappa shape index (κ3) is 2.77. The molecule has 0 aliphatic carbocycles. The van der Waals surface area contributed by atoms with Gasteiger partial charge in [-0.1, -0.05) is 55.5 Å². The topological polar surface area (TPSA) is 98.7 Å². The number of aliphatic hydroxyl groups excluding tert-OH is 1. The van der Waals surface area contributed by atoms with E-state index in [1.54, 1.807) is 6.92 Å². The smallest absolute Gasteiger partial charge is 0.250 e. The van der Waals surface area contributed by atoms with Gasteiger partial charge in [-0.25, -0.2) is 0 Å². The highest BCUT2D eigenvalue weighted by Gasteiger charge is 2.71. The molecule has 3 amide bonds. The molecule has 1 spiro atoms. The minimum Gasteiger partial charge on any atom is -0.392 e. The number of hydrogen-bond acceptors (Lipinski definition) is 5. The summed E-state index contributed by atoms with van der Waals surface area (Å²) in [6, 6.07) is 14.6. The second-order valence-electron chi connectivity index (χ2n) is 8.93. The van der Waals surface area contributed by atoms with Crippen LogP contribution in [-0.4, -0.2) is 46.4 Å². The van der Waals surface area contributed by atoms with Crippen LogP contribution in [0.1, 0.15) is 30.5 Å². The predicted molar refractivity (Wildman–Crippen MR) is 119 cm³/mol. The molecule has 2 aromatic rings. The first kappa shape index (κ1) is 20.8. The fourth-order valence-corrected chi connectivity index (χ4v) is 5.69. The number of carbonyl (C=O) groups is 3. The lowest BCUT2D eigenvalue weighted by molar-refractivity contribution is -0.143. The summed E-state index contributed by atoms with van der Waals surface area (Å²) >= 11 is 0. The zero-order valence-electron chi connectivity index (χ0n) is 18.2. The molecule has 0 radical (unpaired) electrons. The number of aliphatic hydroxyl groups is 1. The third-order valence-corrected chi connectivity index (χ3v) is 7.23. The van der Waals surface area contributed by atoms with Crippen molar-refractivity contribution in [1.29, 1.82) is 0 Å². The standard InChI is InChI=1S/C25H27N3O4/c1-3-16-10-7-11-17-21(16)26-24(32)25(17)19-18(20(27-25)14(2)29)22(30)28(23(19)31)13-12-15-8-5-4-6-9-15/h4-11,14,18-20,27,29H,3,12-13H2,1-2H3,(H,26,32)/t14?,18-,19-,20?,25?/m0/s1. The Labute approximate surface area is 186 Å². The number of anilines is 1. The van der Waals surface area contributed by atoms with Crippen LogP contribution in [0.25, 0.3) is 0 Å². The first-order valence-electron chi connectivity index (χ1n) is 11.2. The normalized spacial score (nSPS) is 29.4. The van der Waals surface area contributed by atoms with Crippen LogP contribution in [0.5, 0.6) is 0 Å². The molecule has 2 saturated heterocycles. The van der Waals surface area contributed by atoms with E-state index in [2.05, 4.69) is 10.6 Å². The highest BCUT2D eigenvalue weighted by molar-refractivity contribution is 6.15. The Morgan fingerprint density at radius 3 is 2.50 bits per heavy atom. The number of fused-ring (bicyclic) bond motifs is 4. The number of likely N-dealkylation sites (tertiary alicyclic amines) is 1. The fourth-order valence-electron chi connectivity index (χ4n) is 5.69. The van der Waals surface area contributed by atoms with Gasteiger partial charge < -0.3 is 10.4 Å². The van der Waals surface area contributed by atoms with Gasteiger partial charge in [-0.05, 0) is 30.9 Å². The van der Waals surface area contributed by atoms with E-state index in [-0.39, 0.29) is 24.3 Å². The molecule has 5 rings (SSSR count). The zero-order chi connectivity index (χ0) is 22.6. The van der Waals surface area contributed by atoms with E-state index in [4.69, 9.17) is 0 Å². The van der Waals surface area contributed by atoms with Crippen molar-refractivity contribution in [2.75, 3.05) is 11.9 Å². The van der Waals surface area contributed by atoms with Crippen LogP contribution in [0.2, 0.25) is 0 Å². The lowest BCUT2D eigenvalue weighted by atomic mass is 9.76. The molecule has 0 aromatic heterocycles. The number of imide groups is 1. The summed E-state index contributed by atoms with van der Waals surface area (Å²) in [4.78, 5) is 41.8. The number of aryl methyl sites for hydroxylation is 1. The van der Waals surface area contributed by atoms with Gasteiger partial charge in [0.1, 0.15) is 5.54 Å². The van der Waals surface area contributed by atoms with Gasteiger partial charge in [0.15, 0.2) is 0 Å². The molecule has 3 unspecified atom stereocenters. The molecule has 2 fully saturated rings. The molecule has 2 aromatic carbocycles. The molecule has 0 saturated carbocycles. The second-order valence-corrected chi connectivity index (χ2v) is 8.93. The summed E-state index contributed by atoms with van der Waals surface area (Å²) in [6.45, 7) is 3.85. The molecule has 7 heteroatoms. The molecule has 32 heavy (non-hydrogen) atoms. The first-order chi connectivity index (χ1) is 15.4. The van der Waals surface area contributed by atoms with Gasteiger partial charge in [-0.3, -0.25) is 24.6 Å². The number of rotatable bonds is 5. The monoisotopic (exact) mass is 433 g/mol. The lowest BCUT2D eigenvalue weighted by Gasteiger charge is -2.30. The minimum atomic E-state index is -1.36. The van der Waals surface area contributed by atoms with Gasteiger partial charge in [0, 0.05) is 23.8 Å². The maximum atomic E-state index is 13.7. The van der Waals surface area contributed by atoms with Crippen LogP contribution >= 0.6 is 0 Å². The molecule has 7 nitrogen and oxygen atoms in total. The van der Waals surface area contributed by atoms with E-state index >= 15 is 0 Å². The molecule has 166 valence electrons. The Morgan fingerprint density at radius 1 is 1.06 bits per heavy atom. The maximum absolute atomic E-state index is 13.7. The molecule has 0 bridgehead atoms. The maximum Gasteiger partial charge on any atom is 0.250 e. The molecule has 3 heterocycles. The summed E-state index contributed by atoms with van der Waals surface area (Å²) in [5.41, 5.74) is 2.04. The number of benzene rings is 2. The Bertz CT molecular complexity index is 1100. The summed E-state index contributed by atoms with van der Waals surface area (Å²) in [5, 5.41) is 16.7. The Morgan fingerprint density at radius 2 is 1.81 bits per heavy atom. The van der Waals surface area contributed by atoms with Crippen molar-refractivity contribution in [1.82, 2.24) is 10.2 Å². The number of nitrogens with zero attached hydrogens (tertiary/aromatic N) is 1. The molecular weight excluding hydrogens is 406 g/mol. The van der Waals surface area contributed by atoms with Gasteiger partial charge in [-0.2, -0.15) is 0 Å². The number of nitrogens with one attached hydrogen (secondary N) is 2. The van der Waals surface area contributed by atoms with E-state index in [0.717, 1.165) is 17.5 Å². The third-order valence-electron chi connectivity index (χ3n) is 7.23. The summed E-state index contributed by atoms with van der Waals surface area (Å²) in [5.74, 6) is -2.69. The number of para-hydroxylation sites is 1. The Hall–Kier alpha value is -3.03. The van der Waals surface area contributed by atoms with E-state index in [1.165, 1.54) is 4.90 Å². The van der Waals surface area contributed by atoms with Crippen LogP contribution in [0, 0.1) is 11.8 Å². The zero-order valence-corrected chi connectivity index (χ0v) is 18.2. The van der Waals surface area contributed by atoms with E-state index in [9.17, 15) is 19.5 Å². The molecule has 3 aliphatic heterocycles. The van der Waals surface area contributed by atoms with E-state index in [0.29, 0.717) is 17.7 Å². The highest BCUT2D eigenvalue weighted by atomic mass is 16.3. The quantitative estimate of drug-likeness (QED) is 0.622. The number of hydrogen-bond donors (Lipinski definition) is 3. The van der Waals surface area contributed by atoms with Crippen molar-refractivity contribution in [3.63, 3.8) is 0 Å². The summed E-state index contributed by atoms with van der Waals surface area (Å²) in [6.07, 6.45) is 0.364. The predicted octanol–water partition coefficient (Wildman–Crippen LogP) is 1.59. The average molecular weight is 434 g/mol. The molecular formula is C25H27N3O4. The largest absolute Gasteiger partial charge is 0.392 e. The molecule has 5 atom stereocenters. The van der Waals surface area contributed by atoms with E-state index < -0.39 is 29.5 Å². The van der Waals surface area contributed by atoms with Gasteiger partial charge >= 0.3 is 0 Å². The first-order valence-corrected chi connectivity index (χ1v) is 11.2. The van der Waals surface area contributed by atoms with Crippen LogP contribution in [-0.2, 0) is 32.8 Å². The lowest BCUT2D eigenvalue weighted by Crippen LogP contribution is -2.54. The highest BCUT2D eigenvalue weighted by Crippen LogP contribution is 2.53. The van der Waals surface area contributed by atoms with Gasteiger partial charge in [-0.15, -0.1) is 0 Å². The van der Waals surface area contributed by atoms with Crippen LogP contribution in [0.3, 0.4) is 0 Å². The molecule has 3 N–H and O–H groups in total. The van der Waals surface area contributed by atoms with Crippen molar-refractivity contribution in [2.45, 2.75) is 44.4 Å². The van der Waals surface area contributed by atoms with Crippen molar-refractivity contribution in [3.8, 4) is 0 Å². The van der Waals surface area contributed by atoms with Gasteiger partial charge in [0.25, 0.3) is 0 Å². The number of amides is 3. The fraction of sp³-hybridized carbons (Fsp3) is 0.400. The number of carbonyl (C=O) groups excluding carboxylic acids is 3. The van der Waals surface area contributed by atoms with Crippen molar-refractivity contribution in [3.05, 3.63) is 65.2 Å². The SMILES string of the molecule is CCc1cccc2c1NC(=O)C21NC(C(C)O)[C@H]2C(=O)N(CCc3ccccc3)C(=O)[C@H]21. The van der Waals surface area contributed by atoms with Crippen molar-refractivity contribution >= 4 is 23.4 Å². The van der Waals surface area contributed by atoms with E-state index in [1.807, 2.05) is 55.5 Å². The average Bonchev–Trinajstić information content (AvgIpc) is 3.38. The van der Waals surface area contributed by atoms with Crippen LogP contribution in [0.4, 0.5) is 5.69 Å². The minimum absolute atomic E-state index is 0.251. The van der Waals surface area contributed by atoms with Crippen molar-refractivity contribution in [2.24, 2.45) is 11.8 Å².